The maximum atomic E-state index is 11.8. The number of nitrogens with zero attached hydrogens (tertiary/aromatic N) is 4. The molecular formula is C19H20N4O3S. The fourth-order valence-corrected chi connectivity index (χ4v) is 3.39. The largest absolute Gasteiger partial charge is 0.494 e. The van der Waals surface area contributed by atoms with Crippen LogP contribution in [0.5, 0.6) is 5.75 Å². The third-order valence-electron chi connectivity index (χ3n) is 3.79. The third kappa shape index (κ3) is 4.28. The molecule has 2 aromatic heterocycles. The van der Waals surface area contributed by atoms with Crippen molar-refractivity contribution in [2.75, 3.05) is 13.7 Å². The first-order valence-corrected chi connectivity index (χ1v) is 9.35. The summed E-state index contributed by atoms with van der Waals surface area (Å²) in [4.78, 5) is 15.9. The van der Waals surface area contributed by atoms with Crippen LogP contribution in [0.1, 0.15) is 13.8 Å². The number of carbonyl (C=O) groups excluding carboxylic acids is 1. The van der Waals surface area contributed by atoms with E-state index in [1.54, 1.807) is 19.3 Å². The average molecular weight is 384 g/mol. The number of carbonyl (C=O) groups is 1. The van der Waals surface area contributed by atoms with E-state index in [9.17, 15) is 4.79 Å². The third-order valence-corrected chi connectivity index (χ3v) is 4.81. The number of aromatic nitrogens is 4. The van der Waals surface area contributed by atoms with Crippen LogP contribution in [0.4, 0.5) is 0 Å². The molecule has 0 radical (unpaired) electrons. The summed E-state index contributed by atoms with van der Waals surface area (Å²) in [5, 5.41) is 8.83. The van der Waals surface area contributed by atoms with Crippen LogP contribution in [0.25, 0.3) is 17.1 Å². The molecule has 1 aromatic carbocycles. The second-order valence-electron chi connectivity index (χ2n) is 5.59. The minimum absolute atomic E-state index is 0.313. The van der Waals surface area contributed by atoms with Gasteiger partial charge in [-0.2, -0.15) is 0 Å². The molecule has 0 aliphatic carbocycles. The lowest BCUT2D eigenvalue weighted by atomic mass is 10.2. The summed E-state index contributed by atoms with van der Waals surface area (Å²) in [6, 6.07) is 11.4. The minimum atomic E-state index is -0.411. The summed E-state index contributed by atoms with van der Waals surface area (Å²) in [6.07, 6.45) is 3.41. The smallest absolute Gasteiger partial charge is 0.318 e. The molecule has 2 heterocycles. The number of esters is 1. The van der Waals surface area contributed by atoms with E-state index >= 15 is 0 Å². The van der Waals surface area contributed by atoms with Gasteiger partial charge in [-0.05, 0) is 50.2 Å². The topological polar surface area (TPSA) is 79.1 Å². The zero-order valence-electron chi connectivity index (χ0n) is 15.3. The van der Waals surface area contributed by atoms with Crippen molar-refractivity contribution in [3.8, 4) is 22.8 Å². The molecule has 27 heavy (non-hydrogen) atoms. The van der Waals surface area contributed by atoms with Gasteiger partial charge in [-0.1, -0.05) is 11.8 Å². The van der Waals surface area contributed by atoms with Crippen molar-refractivity contribution in [3.63, 3.8) is 0 Å². The van der Waals surface area contributed by atoms with Gasteiger partial charge in [0.25, 0.3) is 0 Å². The van der Waals surface area contributed by atoms with Crippen LogP contribution < -0.4 is 4.74 Å². The number of methoxy groups -OCH3 is 1. The molecule has 3 rings (SSSR count). The molecule has 8 heteroatoms. The van der Waals surface area contributed by atoms with Gasteiger partial charge in [-0.25, -0.2) is 0 Å². The van der Waals surface area contributed by atoms with Gasteiger partial charge < -0.3 is 9.47 Å². The van der Waals surface area contributed by atoms with E-state index in [-0.39, 0.29) is 5.97 Å². The van der Waals surface area contributed by atoms with Gasteiger partial charge in [-0.15, -0.1) is 10.2 Å². The van der Waals surface area contributed by atoms with Crippen LogP contribution in [-0.4, -0.2) is 44.7 Å². The molecule has 1 unspecified atom stereocenters. The molecular weight excluding hydrogens is 364 g/mol. The number of pyridine rings is 1. The molecule has 140 valence electrons. The SMILES string of the molecule is CCOc1ccc(-n2c(SC(C)C(=O)OC)nnc2-c2ccncc2)cc1. The molecule has 7 nitrogen and oxygen atoms in total. The highest BCUT2D eigenvalue weighted by Gasteiger charge is 2.22. The molecule has 0 saturated carbocycles. The van der Waals surface area contributed by atoms with Gasteiger partial charge in [0, 0.05) is 23.6 Å². The Morgan fingerprint density at radius 3 is 2.48 bits per heavy atom. The van der Waals surface area contributed by atoms with Gasteiger partial charge in [0.05, 0.1) is 13.7 Å². The van der Waals surface area contributed by atoms with Crippen LogP contribution in [0, 0.1) is 0 Å². The van der Waals surface area contributed by atoms with Gasteiger partial charge in [0.15, 0.2) is 11.0 Å². The molecule has 3 aromatic rings. The van der Waals surface area contributed by atoms with Crippen LogP contribution in [-0.2, 0) is 9.53 Å². The predicted molar refractivity (Wildman–Crippen MR) is 103 cm³/mol. The maximum absolute atomic E-state index is 11.8. The standard InChI is InChI=1S/C19H20N4O3S/c1-4-26-16-7-5-15(6-8-16)23-17(14-9-11-20-12-10-14)21-22-19(23)27-13(2)18(24)25-3/h5-13H,4H2,1-3H3. The predicted octanol–water partition coefficient (Wildman–Crippen LogP) is 3.38. The Kier molecular flexibility index (Phi) is 6.08. The van der Waals surface area contributed by atoms with Gasteiger partial charge in [-0.3, -0.25) is 14.3 Å². The van der Waals surface area contributed by atoms with E-state index in [4.69, 9.17) is 9.47 Å². The van der Waals surface area contributed by atoms with E-state index in [1.807, 2.05) is 47.9 Å². The van der Waals surface area contributed by atoms with E-state index in [0.29, 0.717) is 17.6 Å². The van der Waals surface area contributed by atoms with Crippen molar-refractivity contribution >= 4 is 17.7 Å². The van der Waals surface area contributed by atoms with Crippen molar-refractivity contribution in [2.24, 2.45) is 0 Å². The van der Waals surface area contributed by atoms with Gasteiger partial charge >= 0.3 is 5.97 Å². The van der Waals surface area contributed by atoms with Gasteiger partial charge in [0.1, 0.15) is 11.0 Å². The summed E-state index contributed by atoms with van der Waals surface area (Å²) in [5.41, 5.74) is 1.75. The Hall–Kier alpha value is -2.87. The number of hydrogen-bond acceptors (Lipinski definition) is 7. The summed E-state index contributed by atoms with van der Waals surface area (Å²) < 4.78 is 12.3. The number of benzene rings is 1. The van der Waals surface area contributed by atoms with Crippen molar-refractivity contribution in [1.82, 2.24) is 19.7 Å². The highest BCUT2D eigenvalue weighted by Crippen LogP contribution is 2.30. The fourth-order valence-electron chi connectivity index (χ4n) is 2.50. The Morgan fingerprint density at radius 1 is 1.15 bits per heavy atom. The van der Waals surface area contributed by atoms with Crippen LogP contribution >= 0.6 is 11.8 Å². The zero-order chi connectivity index (χ0) is 19.2. The molecule has 0 bridgehead atoms. The Bertz CT molecular complexity index is 897. The molecule has 0 aliphatic heterocycles. The summed E-state index contributed by atoms with van der Waals surface area (Å²) >= 11 is 1.30. The quantitative estimate of drug-likeness (QED) is 0.456. The molecule has 0 N–H and O–H groups in total. The van der Waals surface area contributed by atoms with E-state index in [1.165, 1.54) is 18.9 Å². The lowest BCUT2D eigenvalue weighted by Gasteiger charge is -2.13. The Labute approximate surface area is 161 Å². The zero-order valence-corrected chi connectivity index (χ0v) is 16.1. The van der Waals surface area contributed by atoms with Crippen LogP contribution in [0.15, 0.2) is 53.9 Å². The number of hydrogen-bond donors (Lipinski definition) is 0. The van der Waals surface area contributed by atoms with E-state index in [2.05, 4.69) is 15.2 Å². The molecule has 0 saturated heterocycles. The van der Waals surface area contributed by atoms with Crippen molar-refractivity contribution < 1.29 is 14.3 Å². The summed E-state index contributed by atoms with van der Waals surface area (Å²) in [7, 11) is 1.37. The lowest BCUT2D eigenvalue weighted by molar-refractivity contribution is -0.139. The number of thioether (sulfide) groups is 1. The van der Waals surface area contributed by atoms with Gasteiger partial charge in [0.2, 0.25) is 0 Å². The second-order valence-corrected chi connectivity index (χ2v) is 6.90. The molecule has 0 fully saturated rings. The van der Waals surface area contributed by atoms with Crippen LogP contribution in [0.2, 0.25) is 0 Å². The fraction of sp³-hybridized carbons (Fsp3) is 0.263. The number of rotatable bonds is 7. The molecule has 0 aliphatic rings. The second kappa shape index (κ2) is 8.68. The summed E-state index contributed by atoms with van der Waals surface area (Å²) in [6.45, 7) is 4.32. The van der Waals surface area contributed by atoms with Crippen LogP contribution in [0.3, 0.4) is 0 Å². The first-order chi connectivity index (χ1) is 13.1. The highest BCUT2D eigenvalue weighted by molar-refractivity contribution is 8.00. The minimum Gasteiger partial charge on any atom is -0.494 e. The number of ether oxygens (including phenoxy) is 2. The van der Waals surface area contributed by atoms with Crippen molar-refractivity contribution in [3.05, 3.63) is 48.8 Å². The monoisotopic (exact) mass is 384 g/mol. The summed E-state index contributed by atoms with van der Waals surface area (Å²) in [5.74, 6) is 1.14. The van der Waals surface area contributed by atoms with Crippen molar-refractivity contribution in [1.29, 1.82) is 0 Å². The molecule has 0 amide bonds. The maximum Gasteiger partial charge on any atom is 0.318 e. The Balaban J connectivity index is 2.04. The highest BCUT2D eigenvalue weighted by atomic mass is 32.2. The first-order valence-electron chi connectivity index (χ1n) is 8.47. The van der Waals surface area contributed by atoms with E-state index < -0.39 is 5.25 Å². The average Bonchev–Trinajstić information content (AvgIpc) is 3.12. The normalized spacial score (nSPS) is 11.8. The van der Waals surface area contributed by atoms with E-state index in [0.717, 1.165) is 17.0 Å². The Morgan fingerprint density at radius 2 is 1.85 bits per heavy atom. The lowest BCUT2D eigenvalue weighted by Crippen LogP contribution is -2.15. The molecule has 0 spiro atoms. The molecule has 1 atom stereocenters. The first kappa shape index (κ1) is 18.9. The van der Waals surface area contributed by atoms with Crippen molar-refractivity contribution in [2.45, 2.75) is 24.3 Å².